The smallest absolute Gasteiger partial charge is 0.247 e. The van der Waals surface area contributed by atoms with Crippen LogP contribution in [0.3, 0.4) is 0 Å². The van der Waals surface area contributed by atoms with Crippen molar-refractivity contribution in [1.29, 1.82) is 0 Å². The number of likely N-dealkylation sites (tertiary alicyclic amines) is 1. The van der Waals surface area contributed by atoms with Gasteiger partial charge in [-0.05, 0) is 37.5 Å². The number of rotatable bonds is 4. The van der Waals surface area contributed by atoms with Crippen molar-refractivity contribution in [3.05, 3.63) is 71.6 Å². The molecule has 2 aliphatic rings. The van der Waals surface area contributed by atoms with Crippen LogP contribution in [0, 0.1) is 12.3 Å². The predicted molar refractivity (Wildman–Crippen MR) is 116 cm³/mol. The summed E-state index contributed by atoms with van der Waals surface area (Å²) in [6.45, 7) is 4.79. The van der Waals surface area contributed by atoms with Crippen molar-refractivity contribution in [1.82, 2.24) is 15.1 Å². The van der Waals surface area contributed by atoms with Crippen LogP contribution in [0.2, 0.25) is 0 Å². The summed E-state index contributed by atoms with van der Waals surface area (Å²) in [7, 11) is 0. The fourth-order valence-electron chi connectivity index (χ4n) is 4.85. The Morgan fingerprint density at radius 1 is 1.06 bits per heavy atom. The summed E-state index contributed by atoms with van der Waals surface area (Å²) in [6.07, 6.45) is 2.21. The number of aromatic nitrogens is 2. The molecular weight excluding hydrogens is 390 g/mol. The standard InChI is InChI=1S/C25H27N3O3/c1-18-7-9-20(10-8-18)23-26-27-24(31-23)21-16-28(17-25(21)11-13-30-14-12-25)22(29)15-19-5-3-2-4-6-19/h2-10,21H,11-17H2,1H3. The van der Waals surface area contributed by atoms with Crippen LogP contribution in [0.1, 0.15) is 35.8 Å². The predicted octanol–water partition coefficient (Wildman–Crippen LogP) is 4.01. The summed E-state index contributed by atoms with van der Waals surface area (Å²) in [5, 5.41) is 8.75. The van der Waals surface area contributed by atoms with Gasteiger partial charge in [-0.3, -0.25) is 4.79 Å². The van der Waals surface area contributed by atoms with Crippen LogP contribution in [0.25, 0.3) is 11.5 Å². The molecule has 31 heavy (non-hydrogen) atoms. The summed E-state index contributed by atoms with van der Waals surface area (Å²) < 4.78 is 11.8. The van der Waals surface area contributed by atoms with Crippen LogP contribution in [-0.4, -0.2) is 47.3 Å². The number of carbonyl (C=O) groups excluding carboxylic acids is 1. The third-order valence-corrected chi connectivity index (χ3v) is 6.72. The normalized spacial score (nSPS) is 20.3. The van der Waals surface area contributed by atoms with Crippen molar-refractivity contribution >= 4 is 5.91 Å². The van der Waals surface area contributed by atoms with E-state index in [1.165, 1.54) is 5.56 Å². The Balaban J connectivity index is 1.40. The van der Waals surface area contributed by atoms with Gasteiger partial charge in [0.2, 0.25) is 17.7 Å². The lowest BCUT2D eigenvalue weighted by atomic mass is 9.72. The maximum atomic E-state index is 13.1. The first-order chi connectivity index (χ1) is 15.1. The molecule has 0 aliphatic carbocycles. The molecule has 2 aromatic carbocycles. The van der Waals surface area contributed by atoms with Gasteiger partial charge in [0.15, 0.2) is 0 Å². The molecule has 0 saturated carbocycles. The summed E-state index contributed by atoms with van der Waals surface area (Å²) >= 11 is 0. The van der Waals surface area contributed by atoms with Crippen molar-refractivity contribution in [2.24, 2.45) is 5.41 Å². The zero-order chi connectivity index (χ0) is 21.3. The maximum absolute atomic E-state index is 13.1. The van der Waals surface area contributed by atoms with E-state index in [4.69, 9.17) is 9.15 Å². The van der Waals surface area contributed by atoms with Gasteiger partial charge in [-0.2, -0.15) is 0 Å². The molecule has 1 amide bonds. The Labute approximate surface area is 182 Å². The SMILES string of the molecule is Cc1ccc(-c2nnc(C3CN(C(=O)Cc4ccccc4)CC34CCOCC4)o2)cc1. The first-order valence-corrected chi connectivity index (χ1v) is 10.9. The Morgan fingerprint density at radius 3 is 2.55 bits per heavy atom. The minimum absolute atomic E-state index is 0.0304. The third-order valence-electron chi connectivity index (χ3n) is 6.72. The maximum Gasteiger partial charge on any atom is 0.247 e. The molecule has 2 saturated heterocycles. The number of aryl methyl sites for hydroxylation is 1. The molecule has 0 bridgehead atoms. The van der Waals surface area contributed by atoms with Gasteiger partial charge in [-0.15, -0.1) is 10.2 Å². The van der Waals surface area contributed by atoms with Gasteiger partial charge in [0.1, 0.15) is 0 Å². The minimum atomic E-state index is -0.0678. The molecule has 5 rings (SSSR count). The van der Waals surface area contributed by atoms with Crippen molar-refractivity contribution in [3.8, 4) is 11.5 Å². The number of nitrogens with zero attached hydrogens (tertiary/aromatic N) is 3. The van der Waals surface area contributed by atoms with Crippen LogP contribution in [-0.2, 0) is 16.0 Å². The van der Waals surface area contributed by atoms with E-state index in [1.54, 1.807) is 0 Å². The Kier molecular flexibility index (Phi) is 5.32. The molecule has 1 spiro atoms. The van der Waals surface area contributed by atoms with Crippen molar-refractivity contribution < 1.29 is 13.9 Å². The van der Waals surface area contributed by atoms with Gasteiger partial charge in [0.25, 0.3) is 0 Å². The first kappa shape index (κ1) is 19.9. The highest BCUT2D eigenvalue weighted by Crippen LogP contribution is 2.49. The van der Waals surface area contributed by atoms with Crippen molar-refractivity contribution in [3.63, 3.8) is 0 Å². The van der Waals surface area contributed by atoms with Gasteiger partial charge in [-0.25, -0.2) is 0 Å². The largest absolute Gasteiger partial charge is 0.420 e. The second-order valence-electron chi connectivity index (χ2n) is 8.78. The fraction of sp³-hybridized carbons (Fsp3) is 0.400. The lowest BCUT2D eigenvalue weighted by Gasteiger charge is -2.36. The number of benzene rings is 2. The second-order valence-corrected chi connectivity index (χ2v) is 8.78. The molecule has 1 aromatic heterocycles. The van der Waals surface area contributed by atoms with E-state index < -0.39 is 0 Å². The van der Waals surface area contributed by atoms with Gasteiger partial charge in [0, 0.05) is 37.3 Å². The number of hydrogen-bond donors (Lipinski definition) is 0. The molecule has 6 heteroatoms. The van der Waals surface area contributed by atoms with Crippen molar-refractivity contribution in [2.45, 2.75) is 32.1 Å². The summed E-state index contributed by atoms with van der Waals surface area (Å²) in [6, 6.07) is 18.0. The zero-order valence-corrected chi connectivity index (χ0v) is 17.8. The lowest BCUT2D eigenvalue weighted by Crippen LogP contribution is -2.37. The summed E-state index contributed by atoms with van der Waals surface area (Å²) in [5.41, 5.74) is 3.08. The quantitative estimate of drug-likeness (QED) is 0.642. The van der Waals surface area contributed by atoms with E-state index in [0.717, 1.165) is 30.5 Å². The highest BCUT2D eigenvalue weighted by atomic mass is 16.5. The fourth-order valence-corrected chi connectivity index (χ4v) is 4.85. The van der Waals surface area contributed by atoms with Crippen LogP contribution in [0.5, 0.6) is 0 Å². The van der Waals surface area contributed by atoms with Gasteiger partial charge in [0.05, 0.1) is 12.3 Å². The highest BCUT2D eigenvalue weighted by molar-refractivity contribution is 5.79. The molecule has 2 fully saturated rings. The van der Waals surface area contributed by atoms with Crippen LogP contribution in [0.15, 0.2) is 59.0 Å². The molecule has 0 N–H and O–H groups in total. The number of ether oxygens (including phenoxy) is 1. The zero-order valence-electron chi connectivity index (χ0n) is 17.8. The lowest BCUT2D eigenvalue weighted by molar-refractivity contribution is -0.130. The summed E-state index contributed by atoms with van der Waals surface area (Å²) in [4.78, 5) is 15.1. The van der Waals surface area contributed by atoms with Gasteiger partial charge in [-0.1, -0.05) is 48.0 Å². The third kappa shape index (κ3) is 4.00. The van der Waals surface area contributed by atoms with E-state index in [-0.39, 0.29) is 17.2 Å². The number of carbonyl (C=O) groups is 1. The average Bonchev–Trinajstić information content (AvgIpc) is 3.41. The molecule has 1 atom stereocenters. The molecule has 0 radical (unpaired) electrons. The van der Waals surface area contributed by atoms with E-state index in [0.29, 0.717) is 38.0 Å². The highest BCUT2D eigenvalue weighted by Gasteiger charge is 2.51. The molecule has 2 aliphatic heterocycles. The Morgan fingerprint density at radius 2 is 1.81 bits per heavy atom. The van der Waals surface area contributed by atoms with E-state index in [2.05, 4.69) is 17.1 Å². The van der Waals surface area contributed by atoms with Crippen molar-refractivity contribution in [2.75, 3.05) is 26.3 Å². The molecule has 6 nitrogen and oxygen atoms in total. The molecule has 3 aromatic rings. The Hall–Kier alpha value is -2.99. The summed E-state index contributed by atoms with van der Waals surface area (Å²) in [5.74, 6) is 1.35. The van der Waals surface area contributed by atoms with Gasteiger partial charge >= 0.3 is 0 Å². The minimum Gasteiger partial charge on any atom is -0.420 e. The second kappa shape index (κ2) is 8.27. The molecular formula is C25H27N3O3. The van der Waals surface area contributed by atoms with E-state index in [1.807, 2.05) is 59.5 Å². The Bertz CT molecular complexity index is 1040. The molecule has 3 heterocycles. The van der Waals surface area contributed by atoms with E-state index in [9.17, 15) is 4.79 Å². The number of amides is 1. The topological polar surface area (TPSA) is 68.5 Å². The van der Waals surface area contributed by atoms with Crippen LogP contribution >= 0.6 is 0 Å². The first-order valence-electron chi connectivity index (χ1n) is 10.9. The molecule has 1 unspecified atom stereocenters. The van der Waals surface area contributed by atoms with Crippen LogP contribution < -0.4 is 0 Å². The monoisotopic (exact) mass is 417 g/mol. The van der Waals surface area contributed by atoms with Crippen LogP contribution in [0.4, 0.5) is 0 Å². The van der Waals surface area contributed by atoms with E-state index >= 15 is 0 Å². The average molecular weight is 418 g/mol. The molecule has 160 valence electrons. The number of hydrogen-bond acceptors (Lipinski definition) is 5. The van der Waals surface area contributed by atoms with Gasteiger partial charge < -0.3 is 14.1 Å².